The van der Waals surface area contributed by atoms with Crippen molar-refractivity contribution in [2.45, 2.75) is 25.8 Å². The molecule has 0 saturated heterocycles. The number of aryl methyl sites for hydroxylation is 1. The van der Waals surface area contributed by atoms with Gasteiger partial charge in [-0.05, 0) is 12.5 Å². The predicted octanol–water partition coefficient (Wildman–Crippen LogP) is 1.94. The summed E-state index contributed by atoms with van der Waals surface area (Å²) < 4.78 is 6.68. The molecule has 3 aromatic rings. The number of hydrogen-bond donors (Lipinski definition) is 1. The van der Waals surface area contributed by atoms with Crippen LogP contribution in [-0.2, 0) is 13.0 Å². The molecule has 26 heavy (non-hydrogen) atoms. The lowest BCUT2D eigenvalue weighted by molar-refractivity contribution is 0.0927. The van der Waals surface area contributed by atoms with E-state index in [9.17, 15) is 14.4 Å². The molecule has 1 amide bonds. The van der Waals surface area contributed by atoms with Crippen molar-refractivity contribution >= 4 is 22.5 Å². The minimum absolute atomic E-state index is 0.0578. The summed E-state index contributed by atoms with van der Waals surface area (Å²) in [4.78, 5) is 36.8. The minimum atomic E-state index is -0.376. The molecule has 2 heterocycles. The molecule has 0 atom stereocenters. The fourth-order valence-corrected chi connectivity index (χ4v) is 3.25. The van der Waals surface area contributed by atoms with Crippen molar-refractivity contribution in [2.75, 3.05) is 6.54 Å². The third kappa shape index (κ3) is 2.81. The first-order valence-electron chi connectivity index (χ1n) is 8.52. The maximum atomic E-state index is 12.4. The highest BCUT2D eigenvalue weighted by atomic mass is 16.3. The molecular weight excluding hydrogens is 334 g/mol. The number of amides is 1. The molecular formula is C19H17N3O4. The van der Waals surface area contributed by atoms with Gasteiger partial charge in [0.25, 0.3) is 11.5 Å². The van der Waals surface area contributed by atoms with E-state index < -0.39 is 0 Å². The number of carbonyl (C=O) groups is 2. The average molecular weight is 351 g/mol. The van der Waals surface area contributed by atoms with Crippen LogP contribution < -0.4 is 10.9 Å². The van der Waals surface area contributed by atoms with Gasteiger partial charge in [-0.3, -0.25) is 14.4 Å². The number of rotatable bonds is 4. The lowest BCUT2D eigenvalue weighted by atomic mass is 9.94. The summed E-state index contributed by atoms with van der Waals surface area (Å²) in [5, 5.41) is 8.22. The number of carbonyl (C=O) groups excluding carboxylic acids is 2. The van der Waals surface area contributed by atoms with Gasteiger partial charge in [0.05, 0.1) is 29.3 Å². The molecule has 0 radical (unpaired) electrons. The fraction of sp³-hybridized carbons (Fsp3) is 0.263. The Morgan fingerprint density at radius 1 is 1.23 bits per heavy atom. The third-order valence-corrected chi connectivity index (χ3v) is 4.57. The molecule has 0 bridgehead atoms. The fourth-order valence-electron chi connectivity index (χ4n) is 3.25. The van der Waals surface area contributed by atoms with Gasteiger partial charge >= 0.3 is 0 Å². The Balaban J connectivity index is 1.46. The topological polar surface area (TPSA) is 94.2 Å². The minimum Gasteiger partial charge on any atom is -0.468 e. The van der Waals surface area contributed by atoms with Crippen LogP contribution in [0.25, 0.3) is 10.8 Å². The highest BCUT2D eigenvalue weighted by Gasteiger charge is 2.27. The van der Waals surface area contributed by atoms with Gasteiger partial charge in [0.1, 0.15) is 12.0 Å². The zero-order valence-corrected chi connectivity index (χ0v) is 14.0. The molecule has 0 spiro atoms. The summed E-state index contributed by atoms with van der Waals surface area (Å²) in [5.41, 5.74) is 0.464. The van der Waals surface area contributed by atoms with Crippen LogP contribution in [0.1, 0.15) is 39.3 Å². The molecule has 1 aliphatic carbocycles. The number of fused-ring (bicyclic) bond motifs is 2. The molecule has 7 nitrogen and oxygen atoms in total. The number of furan rings is 1. The van der Waals surface area contributed by atoms with E-state index in [1.165, 1.54) is 10.9 Å². The van der Waals surface area contributed by atoms with Crippen molar-refractivity contribution in [3.63, 3.8) is 0 Å². The van der Waals surface area contributed by atoms with Crippen LogP contribution in [0.3, 0.4) is 0 Å². The Morgan fingerprint density at radius 3 is 2.96 bits per heavy atom. The highest BCUT2D eigenvalue weighted by Crippen LogP contribution is 2.26. The van der Waals surface area contributed by atoms with Gasteiger partial charge in [0.2, 0.25) is 0 Å². The van der Waals surface area contributed by atoms with Crippen molar-refractivity contribution in [3.8, 4) is 0 Å². The highest BCUT2D eigenvalue weighted by molar-refractivity contribution is 6.09. The van der Waals surface area contributed by atoms with Gasteiger partial charge in [0, 0.05) is 24.8 Å². The molecule has 1 N–H and O–H groups in total. The van der Waals surface area contributed by atoms with Crippen LogP contribution in [0.4, 0.5) is 0 Å². The molecule has 1 aromatic carbocycles. The lowest BCUT2D eigenvalue weighted by Gasteiger charge is -2.10. The summed E-state index contributed by atoms with van der Waals surface area (Å²) in [6.07, 6.45) is 4.82. The molecule has 4 rings (SSSR count). The summed E-state index contributed by atoms with van der Waals surface area (Å²) >= 11 is 0. The van der Waals surface area contributed by atoms with E-state index >= 15 is 0 Å². The lowest BCUT2D eigenvalue weighted by Crippen LogP contribution is -2.32. The van der Waals surface area contributed by atoms with Crippen molar-refractivity contribution in [1.29, 1.82) is 0 Å². The summed E-state index contributed by atoms with van der Waals surface area (Å²) in [6, 6.07) is 7.22. The van der Waals surface area contributed by atoms with Crippen molar-refractivity contribution in [3.05, 3.63) is 64.0 Å². The second kappa shape index (κ2) is 6.59. The van der Waals surface area contributed by atoms with Gasteiger partial charge in [-0.15, -0.1) is 0 Å². The van der Waals surface area contributed by atoms with Gasteiger partial charge in [-0.2, -0.15) is 5.10 Å². The Morgan fingerprint density at radius 2 is 2.08 bits per heavy atom. The largest absolute Gasteiger partial charge is 0.468 e. The maximum Gasteiger partial charge on any atom is 0.274 e. The quantitative estimate of drug-likeness (QED) is 0.775. The summed E-state index contributed by atoms with van der Waals surface area (Å²) in [7, 11) is 0. The van der Waals surface area contributed by atoms with E-state index in [1.54, 1.807) is 18.3 Å². The first-order valence-corrected chi connectivity index (χ1v) is 8.52. The second-order valence-electron chi connectivity index (χ2n) is 6.24. The number of nitrogens with zero attached hydrogens (tertiary/aromatic N) is 2. The summed E-state index contributed by atoms with van der Waals surface area (Å²) in [5.74, 6) is 0.149. The molecule has 1 aliphatic rings. The Bertz CT molecular complexity index is 1060. The Labute approximate surface area is 148 Å². The third-order valence-electron chi connectivity index (χ3n) is 4.57. The van der Waals surface area contributed by atoms with E-state index in [2.05, 4.69) is 10.4 Å². The van der Waals surface area contributed by atoms with Gasteiger partial charge < -0.3 is 9.73 Å². The first kappa shape index (κ1) is 16.3. The van der Waals surface area contributed by atoms with Gasteiger partial charge in [-0.1, -0.05) is 18.2 Å². The monoisotopic (exact) mass is 351 g/mol. The molecule has 0 unspecified atom stereocenters. The zero-order chi connectivity index (χ0) is 18.1. The van der Waals surface area contributed by atoms with Crippen molar-refractivity contribution in [2.24, 2.45) is 0 Å². The number of ketones is 1. The number of aromatic nitrogens is 2. The van der Waals surface area contributed by atoms with Crippen LogP contribution in [0.15, 0.2) is 45.9 Å². The Hall–Kier alpha value is -3.22. The number of benzene rings is 1. The van der Waals surface area contributed by atoms with E-state index in [4.69, 9.17) is 4.42 Å². The SMILES string of the molecule is O=C(NCCn1ncc2ccccc2c1=O)c1coc2c1C(=O)CCC2. The van der Waals surface area contributed by atoms with Crippen LogP contribution in [0, 0.1) is 0 Å². The number of Topliss-reactive ketones (excluding diaryl/α,β-unsaturated/α-hetero) is 1. The predicted molar refractivity (Wildman–Crippen MR) is 94.3 cm³/mol. The van der Waals surface area contributed by atoms with Crippen molar-refractivity contribution < 1.29 is 14.0 Å². The normalized spacial score (nSPS) is 13.6. The molecule has 0 saturated carbocycles. The molecule has 0 fully saturated rings. The number of nitrogens with one attached hydrogen (secondary N) is 1. The second-order valence-corrected chi connectivity index (χ2v) is 6.24. The van der Waals surface area contributed by atoms with E-state index in [1.807, 2.05) is 12.1 Å². The molecule has 2 aromatic heterocycles. The number of hydrogen-bond acceptors (Lipinski definition) is 5. The van der Waals surface area contributed by atoms with Crippen LogP contribution >= 0.6 is 0 Å². The van der Waals surface area contributed by atoms with E-state index in [0.29, 0.717) is 29.6 Å². The standard InChI is InChI=1S/C19H17N3O4/c23-15-6-3-7-16-17(15)14(11-26-16)18(24)20-8-9-22-19(25)13-5-2-1-4-12(13)10-21-22/h1-2,4-5,10-11H,3,6-9H2,(H,20,24). The van der Waals surface area contributed by atoms with Crippen molar-refractivity contribution in [1.82, 2.24) is 15.1 Å². The van der Waals surface area contributed by atoms with E-state index in [-0.39, 0.29) is 35.9 Å². The molecule has 0 aliphatic heterocycles. The van der Waals surface area contributed by atoms with Crippen LogP contribution in [0.2, 0.25) is 0 Å². The first-order chi connectivity index (χ1) is 12.6. The zero-order valence-electron chi connectivity index (χ0n) is 14.0. The smallest absolute Gasteiger partial charge is 0.274 e. The maximum absolute atomic E-state index is 12.4. The Kier molecular flexibility index (Phi) is 4.12. The molecule has 7 heteroatoms. The van der Waals surface area contributed by atoms with Gasteiger partial charge in [0.15, 0.2) is 5.78 Å². The average Bonchev–Trinajstić information content (AvgIpc) is 3.09. The van der Waals surface area contributed by atoms with Gasteiger partial charge in [-0.25, -0.2) is 4.68 Å². The van der Waals surface area contributed by atoms with E-state index in [0.717, 1.165) is 11.8 Å². The summed E-state index contributed by atoms with van der Waals surface area (Å²) in [6.45, 7) is 0.460. The molecule has 132 valence electrons. The van der Waals surface area contributed by atoms with Crippen LogP contribution in [0.5, 0.6) is 0 Å². The van der Waals surface area contributed by atoms with Crippen LogP contribution in [-0.4, -0.2) is 28.0 Å².